The molecule has 0 amide bonds. The lowest BCUT2D eigenvalue weighted by atomic mass is 9.54. The van der Waals surface area contributed by atoms with Gasteiger partial charge in [0.25, 0.3) is 0 Å². The number of nitrogens with two attached hydrogens (primary N) is 1. The number of aryl methyl sites for hydroxylation is 3. The molecule has 1 aliphatic heterocycles. The summed E-state index contributed by atoms with van der Waals surface area (Å²) in [5.74, 6) is 0. The molecule has 1 aromatic carbocycles. The average Bonchev–Trinajstić information content (AvgIpc) is 2.74. The third kappa shape index (κ3) is 4.24. The van der Waals surface area contributed by atoms with Crippen LogP contribution in [0.25, 0.3) is 11.3 Å². The zero-order valence-electron chi connectivity index (χ0n) is 20.4. The van der Waals surface area contributed by atoms with Crippen LogP contribution in [0.2, 0.25) is 0 Å². The molecule has 0 saturated heterocycles. The Bertz CT molecular complexity index is 1040. The standard InChI is InChI=1S/C26H34B2N4/c1-7-19-11-10-12-20(8-2)23(19)22-15-16(4)24-21(31-22)13-14-32(26(24,27)28)25(17(5)29)18(6)30-9-3/h10-12,15H,7-9,13-14,29H2,1-6H3. The van der Waals surface area contributed by atoms with Crippen LogP contribution in [-0.4, -0.2) is 44.4 Å². The van der Waals surface area contributed by atoms with Crippen molar-refractivity contribution in [2.45, 2.75) is 66.1 Å². The van der Waals surface area contributed by atoms with Crippen molar-refractivity contribution < 1.29 is 0 Å². The highest BCUT2D eigenvalue weighted by Crippen LogP contribution is 2.38. The molecule has 6 heteroatoms. The predicted molar refractivity (Wildman–Crippen MR) is 137 cm³/mol. The van der Waals surface area contributed by atoms with Gasteiger partial charge in [0.15, 0.2) is 0 Å². The molecule has 1 aliphatic rings. The Labute approximate surface area is 196 Å². The van der Waals surface area contributed by atoms with Crippen LogP contribution in [0.15, 0.2) is 40.7 Å². The Morgan fingerprint density at radius 3 is 2.31 bits per heavy atom. The van der Waals surface area contributed by atoms with Crippen LogP contribution in [0.5, 0.6) is 0 Å². The number of nitrogens with zero attached hydrogens (tertiary/aromatic N) is 3. The largest absolute Gasteiger partial charge is 0.401 e. The lowest BCUT2D eigenvalue weighted by Crippen LogP contribution is -2.53. The number of aliphatic imine (C=N–C) groups is 1. The summed E-state index contributed by atoms with van der Waals surface area (Å²) in [4.78, 5) is 11.7. The summed E-state index contributed by atoms with van der Waals surface area (Å²) in [6, 6.07) is 8.66. The fourth-order valence-corrected chi connectivity index (χ4v) is 5.01. The molecule has 32 heavy (non-hydrogen) atoms. The Morgan fingerprint density at radius 1 is 1.16 bits per heavy atom. The molecule has 0 fully saturated rings. The predicted octanol–water partition coefficient (Wildman–Crippen LogP) is 4.16. The van der Waals surface area contributed by atoms with Crippen LogP contribution in [0, 0.1) is 6.92 Å². The third-order valence-electron chi connectivity index (χ3n) is 6.35. The summed E-state index contributed by atoms with van der Waals surface area (Å²) < 4.78 is 0. The Morgan fingerprint density at radius 2 is 1.78 bits per heavy atom. The molecule has 0 unspecified atom stereocenters. The van der Waals surface area contributed by atoms with Gasteiger partial charge >= 0.3 is 0 Å². The van der Waals surface area contributed by atoms with Gasteiger partial charge in [-0.15, -0.1) is 0 Å². The quantitative estimate of drug-likeness (QED) is 0.560. The molecule has 164 valence electrons. The Kier molecular flexibility index (Phi) is 7.22. The van der Waals surface area contributed by atoms with Crippen molar-refractivity contribution in [2.24, 2.45) is 10.7 Å². The maximum atomic E-state index is 6.83. The molecule has 2 heterocycles. The number of rotatable bonds is 6. The first-order chi connectivity index (χ1) is 15.2. The van der Waals surface area contributed by atoms with E-state index in [2.05, 4.69) is 50.0 Å². The van der Waals surface area contributed by atoms with Crippen LogP contribution in [0.3, 0.4) is 0 Å². The summed E-state index contributed by atoms with van der Waals surface area (Å²) in [5, 5.41) is -1.22. The molecule has 0 saturated carbocycles. The summed E-state index contributed by atoms with van der Waals surface area (Å²) in [5.41, 5.74) is 16.4. The SMILES string of the molecule is [B]C1([B])c2c(C)cc(-c3c(CC)cccc3CC)nc2CCN1C(C(C)=NCC)=C(C)N. The van der Waals surface area contributed by atoms with Gasteiger partial charge in [-0.25, -0.2) is 0 Å². The zero-order chi connectivity index (χ0) is 23.6. The van der Waals surface area contributed by atoms with E-state index in [1.807, 2.05) is 25.7 Å². The first kappa shape index (κ1) is 24.2. The van der Waals surface area contributed by atoms with Crippen molar-refractivity contribution in [3.05, 3.63) is 63.6 Å². The molecule has 4 radical (unpaired) electrons. The van der Waals surface area contributed by atoms with Gasteiger partial charge < -0.3 is 10.6 Å². The zero-order valence-corrected chi connectivity index (χ0v) is 20.4. The van der Waals surface area contributed by atoms with Crippen LogP contribution in [-0.2, 0) is 24.6 Å². The molecule has 3 rings (SSSR count). The summed E-state index contributed by atoms with van der Waals surface area (Å²) in [6.07, 6.45) is 2.67. The topological polar surface area (TPSA) is 54.5 Å². The second-order valence-electron chi connectivity index (χ2n) is 8.62. The van der Waals surface area contributed by atoms with Gasteiger partial charge in [0.1, 0.15) is 0 Å². The Balaban J connectivity index is 2.16. The van der Waals surface area contributed by atoms with Gasteiger partial charge in [-0.1, -0.05) is 32.0 Å². The van der Waals surface area contributed by atoms with E-state index in [9.17, 15) is 0 Å². The number of hydrogen-bond donors (Lipinski definition) is 1. The maximum absolute atomic E-state index is 6.83. The van der Waals surface area contributed by atoms with E-state index in [-0.39, 0.29) is 0 Å². The summed E-state index contributed by atoms with van der Waals surface area (Å²) >= 11 is 0. The molecular formula is C26H34B2N4. The molecule has 0 aliphatic carbocycles. The van der Waals surface area contributed by atoms with Gasteiger partial charge in [-0.3, -0.25) is 9.98 Å². The molecule has 2 N–H and O–H groups in total. The second-order valence-corrected chi connectivity index (χ2v) is 8.62. The lowest BCUT2D eigenvalue weighted by Gasteiger charge is -2.48. The second kappa shape index (κ2) is 9.56. The van der Waals surface area contributed by atoms with E-state index >= 15 is 0 Å². The van der Waals surface area contributed by atoms with Gasteiger partial charge in [0, 0.05) is 36.5 Å². The van der Waals surface area contributed by atoms with E-state index in [1.165, 1.54) is 16.7 Å². The van der Waals surface area contributed by atoms with Crippen molar-refractivity contribution in [1.82, 2.24) is 9.88 Å². The number of pyridine rings is 1. The van der Waals surface area contributed by atoms with Gasteiger partial charge in [0.05, 0.1) is 32.8 Å². The number of fused-ring (bicyclic) bond motifs is 1. The highest BCUT2D eigenvalue weighted by Gasteiger charge is 2.38. The van der Waals surface area contributed by atoms with Crippen molar-refractivity contribution in [2.75, 3.05) is 13.1 Å². The molecule has 2 aromatic rings. The van der Waals surface area contributed by atoms with Gasteiger partial charge in [-0.05, 0) is 74.2 Å². The van der Waals surface area contributed by atoms with E-state index < -0.39 is 5.34 Å². The van der Waals surface area contributed by atoms with Crippen LogP contribution in [0.4, 0.5) is 0 Å². The summed E-state index contributed by atoms with van der Waals surface area (Å²) in [7, 11) is 13.7. The normalized spacial score (nSPS) is 16.6. The molecule has 0 spiro atoms. The first-order valence-electron chi connectivity index (χ1n) is 11.6. The highest BCUT2D eigenvalue weighted by atomic mass is 15.2. The maximum Gasteiger partial charge on any atom is 0.0966 e. The van der Waals surface area contributed by atoms with E-state index in [0.717, 1.165) is 53.2 Å². The first-order valence-corrected chi connectivity index (χ1v) is 11.6. The van der Waals surface area contributed by atoms with Crippen molar-refractivity contribution in [3.63, 3.8) is 0 Å². The van der Waals surface area contributed by atoms with Gasteiger partial charge in [0.2, 0.25) is 0 Å². The summed E-state index contributed by atoms with van der Waals surface area (Å²) in [6.45, 7) is 13.6. The molecule has 4 nitrogen and oxygen atoms in total. The fraction of sp³-hybridized carbons (Fsp3) is 0.462. The molecule has 0 atom stereocenters. The fourth-order valence-electron chi connectivity index (χ4n) is 5.01. The minimum Gasteiger partial charge on any atom is -0.401 e. The van der Waals surface area contributed by atoms with Crippen LogP contribution < -0.4 is 5.73 Å². The van der Waals surface area contributed by atoms with E-state index in [0.29, 0.717) is 18.8 Å². The van der Waals surface area contributed by atoms with Crippen molar-refractivity contribution in [1.29, 1.82) is 0 Å². The highest BCUT2D eigenvalue weighted by molar-refractivity contribution is 6.40. The van der Waals surface area contributed by atoms with E-state index in [1.54, 1.807) is 0 Å². The number of allylic oxidation sites excluding steroid dienone is 2. The number of benzene rings is 1. The van der Waals surface area contributed by atoms with Crippen LogP contribution in [0.1, 0.15) is 62.6 Å². The van der Waals surface area contributed by atoms with Crippen molar-refractivity contribution >= 4 is 21.4 Å². The monoisotopic (exact) mass is 424 g/mol. The smallest absolute Gasteiger partial charge is 0.0966 e. The molecule has 0 bridgehead atoms. The van der Waals surface area contributed by atoms with Crippen LogP contribution >= 0.6 is 0 Å². The average molecular weight is 424 g/mol. The number of hydrogen-bond acceptors (Lipinski definition) is 4. The Hall–Kier alpha value is -2.49. The lowest BCUT2D eigenvalue weighted by molar-refractivity contribution is 0.279. The minimum absolute atomic E-state index is 0.631. The van der Waals surface area contributed by atoms with E-state index in [4.69, 9.17) is 26.4 Å². The third-order valence-corrected chi connectivity index (χ3v) is 6.35. The van der Waals surface area contributed by atoms with Crippen molar-refractivity contribution in [3.8, 4) is 11.3 Å². The number of aromatic nitrogens is 1. The molecule has 1 aromatic heterocycles. The van der Waals surface area contributed by atoms with Gasteiger partial charge in [-0.2, -0.15) is 0 Å². The minimum atomic E-state index is -1.22. The molecular weight excluding hydrogens is 390 g/mol.